The number of rotatable bonds is 9. The van der Waals surface area contributed by atoms with Crippen LogP contribution in [0, 0.1) is 0 Å². The second kappa shape index (κ2) is 12.5. The number of amides is 2. The smallest absolute Gasteiger partial charge is 0.261 e. The van der Waals surface area contributed by atoms with Gasteiger partial charge in [-0.3, -0.25) is 14.9 Å². The lowest BCUT2D eigenvalue weighted by Gasteiger charge is -2.15. The predicted octanol–water partition coefficient (Wildman–Crippen LogP) is 5.48. The van der Waals surface area contributed by atoms with E-state index in [4.69, 9.17) is 17.0 Å². The topological polar surface area (TPSA) is 79.5 Å². The third-order valence-corrected chi connectivity index (χ3v) is 5.37. The molecule has 0 aromatic heterocycles. The Morgan fingerprint density at radius 3 is 2.29 bits per heavy atom. The molecule has 176 valence electrons. The third kappa shape index (κ3) is 7.15. The van der Waals surface area contributed by atoms with Crippen LogP contribution in [0.1, 0.15) is 59.0 Å². The summed E-state index contributed by atoms with van der Waals surface area (Å²) in [6, 6.07) is 23.6. The van der Waals surface area contributed by atoms with E-state index in [0.29, 0.717) is 29.2 Å². The van der Waals surface area contributed by atoms with Gasteiger partial charge in [0.25, 0.3) is 11.8 Å². The molecular formula is C27H29N3O3S. The number of anilines is 1. The van der Waals surface area contributed by atoms with E-state index < -0.39 is 0 Å². The first kappa shape index (κ1) is 24.9. The molecule has 6 nitrogen and oxygen atoms in total. The molecule has 0 aliphatic heterocycles. The molecule has 3 rings (SSSR count). The van der Waals surface area contributed by atoms with Gasteiger partial charge in [-0.15, -0.1) is 0 Å². The average molecular weight is 476 g/mol. The summed E-state index contributed by atoms with van der Waals surface area (Å²) in [6.45, 7) is 4.57. The first-order valence-corrected chi connectivity index (χ1v) is 11.7. The molecule has 0 aliphatic carbocycles. The Balaban J connectivity index is 1.55. The second-order valence-corrected chi connectivity index (χ2v) is 8.20. The number of thiocarbonyl (C=S) groups is 1. The number of carbonyl (C=O) groups excluding carboxylic acids is 2. The molecule has 0 saturated carbocycles. The maximum absolute atomic E-state index is 12.7. The van der Waals surface area contributed by atoms with Crippen molar-refractivity contribution in [1.29, 1.82) is 0 Å². The lowest BCUT2D eigenvalue weighted by molar-refractivity contribution is 0.0938. The molecule has 0 fully saturated rings. The number of hydrogen-bond donors (Lipinski definition) is 3. The Kier molecular flexibility index (Phi) is 9.17. The number of unbranched alkanes of at least 4 members (excludes halogenated alkanes) is 1. The van der Waals surface area contributed by atoms with Gasteiger partial charge in [-0.25, -0.2) is 0 Å². The van der Waals surface area contributed by atoms with Gasteiger partial charge in [0.05, 0.1) is 18.2 Å². The molecule has 34 heavy (non-hydrogen) atoms. The van der Waals surface area contributed by atoms with E-state index >= 15 is 0 Å². The molecule has 0 bridgehead atoms. The van der Waals surface area contributed by atoms with Gasteiger partial charge in [0.1, 0.15) is 5.75 Å². The molecule has 7 heteroatoms. The van der Waals surface area contributed by atoms with Crippen molar-refractivity contribution < 1.29 is 14.3 Å². The van der Waals surface area contributed by atoms with Gasteiger partial charge in [0.15, 0.2) is 5.11 Å². The molecule has 0 spiro atoms. The summed E-state index contributed by atoms with van der Waals surface area (Å²) in [5.41, 5.74) is 2.64. The Bertz CT molecular complexity index is 1120. The molecule has 1 atom stereocenters. The number of nitrogens with one attached hydrogen (secondary N) is 3. The molecule has 3 aromatic carbocycles. The van der Waals surface area contributed by atoms with E-state index in [1.807, 2.05) is 43.3 Å². The van der Waals surface area contributed by atoms with Crippen LogP contribution in [0.5, 0.6) is 5.75 Å². The van der Waals surface area contributed by atoms with Crippen molar-refractivity contribution in [2.24, 2.45) is 0 Å². The summed E-state index contributed by atoms with van der Waals surface area (Å²) in [5, 5.41) is 8.80. The van der Waals surface area contributed by atoms with Gasteiger partial charge in [-0.05, 0) is 67.5 Å². The number of carbonyl (C=O) groups is 2. The lowest BCUT2D eigenvalue weighted by Crippen LogP contribution is -2.34. The molecule has 3 aromatic rings. The highest BCUT2D eigenvalue weighted by atomic mass is 32.1. The number of para-hydroxylation sites is 1. The monoisotopic (exact) mass is 475 g/mol. The van der Waals surface area contributed by atoms with Crippen LogP contribution in [0.4, 0.5) is 5.69 Å². The Labute approximate surface area is 205 Å². The summed E-state index contributed by atoms with van der Waals surface area (Å²) in [6.07, 6.45) is 1.92. The van der Waals surface area contributed by atoms with Crippen molar-refractivity contribution in [1.82, 2.24) is 10.6 Å². The van der Waals surface area contributed by atoms with Crippen LogP contribution in [-0.4, -0.2) is 23.5 Å². The standard InChI is InChI=1S/C27H29N3O3S/c1-3-4-18-33-24-13-9-8-12-23(24)26(32)30-27(34)29-22-16-14-21(15-17-22)25(31)28-19(2)20-10-6-5-7-11-20/h5-17,19H,3-4,18H2,1-2H3,(H,28,31)(H2,29,30,32,34). The first-order chi connectivity index (χ1) is 16.5. The zero-order valence-electron chi connectivity index (χ0n) is 19.3. The van der Waals surface area contributed by atoms with Crippen molar-refractivity contribution >= 4 is 34.8 Å². The third-order valence-electron chi connectivity index (χ3n) is 5.17. The summed E-state index contributed by atoms with van der Waals surface area (Å²) in [7, 11) is 0. The van der Waals surface area contributed by atoms with E-state index in [0.717, 1.165) is 18.4 Å². The van der Waals surface area contributed by atoms with Gasteiger partial charge in [-0.2, -0.15) is 0 Å². The van der Waals surface area contributed by atoms with E-state index in [2.05, 4.69) is 22.9 Å². The quantitative estimate of drug-likeness (QED) is 0.282. The largest absolute Gasteiger partial charge is 0.493 e. The summed E-state index contributed by atoms with van der Waals surface area (Å²) in [4.78, 5) is 25.3. The zero-order valence-corrected chi connectivity index (χ0v) is 20.2. The lowest BCUT2D eigenvalue weighted by atomic mass is 10.1. The normalized spacial score (nSPS) is 11.2. The molecular weight excluding hydrogens is 446 g/mol. The van der Waals surface area contributed by atoms with Gasteiger partial charge in [0, 0.05) is 11.3 Å². The van der Waals surface area contributed by atoms with Crippen LogP contribution < -0.4 is 20.7 Å². The van der Waals surface area contributed by atoms with Crippen LogP contribution >= 0.6 is 12.2 Å². The van der Waals surface area contributed by atoms with Crippen molar-refractivity contribution in [3.63, 3.8) is 0 Å². The fraction of sp³-hybridized carbons (Fsp3) is 0.222. The second-order valence-electron chi connectivity index (χ2n) is 7.79. The Morgan fingerprint density at radius 2 is 1.59 bits per heavy atom. The highest BCUT2D eigenvalue weighted by Gasteiger charge is 2.14. The van der Waals surface area contributed by atoms with Crippen molar-refractivity contribution in [3.8, 4) is 5.75 Å². The number of benzene rings is 3. The minimum atomic E-state index is -0.351. The molecule has 3 N–H and O–H groups in total. The molecule has 1 unspecified atom stereocenters. The van der Waals surface area contributed by atoms with Crippen molar-refractivity contribution in [2.75, 3.05) is 11.9 Å². The van der Waals surface area contributed by atoms with Gasteiger partial charge in [-0.1, -0.05) is 55.8 Å². The van der Waals surface area contributed by atoms with E-state index in [-0.39, 0.29) is 23.0 Å². The van der Waals surface area contributed by atoms with E-state index in [1.54, 1.807) is 42.5 Å². The van der Waals surface area contributed by atoms with Crippen molar-refractivity contribution in [3.05, 3.63) is 95.6 Å². The zero-order chi connectivity index (χ0) is 24.3. The van der Waals surface area contributed by atoms with Crippen LogP contribution in [0.25, 0.3) is 0 Å². The maximum Gasteiger partial charge on any atom is 0.261 e. The molecule has 0 radical (unpaired) electrons. The average Bonchev–Trinajstić information content (AvgIpc) is 2.85. The van der Waals surface area contributed by atoms with Gasteiger partial charge < -0.3 is 15.4 Å². The number of ether oxygens (including phenoxy) is 1. The highest BCUT2D eigenvalue weighted by Crippen LogP contribution is 2.19. The highest BCUT2D eigenvalue weighted by molar-refractivity contribution is 7.80. The molecule has 0 saturated heterocycles. The molecule has 0 heterocycles. The van der Waals surface area contributed by atoms with Crippen LogP contribution in [0.2, 0.25) is 0 Å². The summed E-state index contributed by atoms with van der Waals surface area (Å²) >= 11 is 5.29. The van der Waals surface area contributed by atoms with Crippen LogP contribution in [0.3, 0.4) is 0 Å². The fourth-order valence-corrected chi connectivity index (χ4v) is 3.46. The number of hydrogen-bond acceptors (Lipinski definition) is 4. The summed E-state index contributed by atoms with van der Waals surface area (Å²) < 4.78 is 5.73. The minimum Gasteiger partial charge on any atom is -0.493 e. The Morgan fingerprint density at radius 1 is 0.912 bits per heavy atom. The summed E-state index contributed by atoms with van der Waals surface area (Å²) in [5.74, 6) is 0.00491. The van der Waals surface area contributed by atoms with E-state index in [9.17, 15) is 9.59 Å². The SMILES string of the molecule is CCCCOc1ccccc1C(=O)NC(=S)Nc1ccc(C(=O)NC(C)c2ccccc2)cc1. The molecule has 0 aliphatic rings. The first-order valence-electron chi connectivity index (χ1n) is 11.3. The van der Waals surface area contributed by atoms with Crippen LogP contribution in [0.15, 0.2) is 78.9 Å². The van der Waals surface area contributed by atoms with Crippen molar-refractivity contribution in [2.45, 2.75) is 32.7 Å². The van der Waals surface area contributed by atoms with Crippen LogP contribution in [-0.2, 0) is 0 Å². The maximum atomic E-state index is 12.7. The van der Waals surface area contributed by atoms with E-state index in [1.165, 1.54) is 0 Å². The Hall–Kier alpha value is -3.71. The predicted molar refractivity (Wildman–Crippen MR) is 139 cm³/mol. The minimum absolute atomic E-state index is 0.108. The van der Waals surface area contributed by atoms with Gasteiger partial charge >= 0.3 is 0 Å². The van der Waals surface area contributed by atoms with Gasteiger partial charge in [0.2, 0.25) is 0 Å². The molecule has 2 amide bonds. The fourth-order valence-electron chi connectivity index (χ4n) is 3.25.